The molecule has 1 unspecified atom stereocenters. The molecule has 138 valence electrons. The summed E-state index contributed by atoms with van der Waals surface area (Å²) < 4.78 is 13.3. The molecule has 4 rings (SSSR count). The largest absolute Gasteiger partial charge is 0.364 e. The molecule has 5 heteroatoms. The molecule has 4 nitrogen and oxygen atoms in total. The lowest BCUT2D eigenvalue weighted by Gasteiger charge is -2.32. The quantitative estimate of drug-likeness (QED) is 0.771. The highest BCUT2D eigenvalue weighted by molar-refractivity contribution is 6.31. The Morgan fingerprint density at radius 1 is 0.852 bits per heavy atom. The lowest BCUT2D eigenvalue weighted by molar-refractivity contribution is -0.120. The van der Waals surface area contributed by atoms with Gasteiger partial charge in [-0.05, 0) is 49.2 Å². The van der Waals surface area contributed by atoms with Crippen LogP contribution in [0.2, 0.25) is 0 Å². The van der Waals surface area contributed by atoms with Crippen LogP contribution in [0.4, 0.5) is 15.8 Å². The molecule has 2 amide bonds. The van der Waals surface area contributed by atoms with Crippen molar-refractivity contribution in [2.75, 3.05) is 16.3 Å². The first-order valence-electron chi connectivity index (χ1n) is 9.32. The van der Waals surface area contributed by atoms with Gasteiger partial charge in [-0.15, -0.1) is 0 Å². The van der Waals surface area contributed by atoms with Gasteiger partial charge in [-0.3, -0.25) is 9.59 Å². The second kappa shape index (κ2) is 7.35. The van der Waals surface area contributed by atoms with E-state index in [2.05, 4.69) is 4.90 Å². The van der Waals surface area contributed by atoms with Crippen LogP contribution >= 0.6 is 0 Å². The Bertz CT molecular complexity index is 877. The summed E-state index contributed by atoms with van der Waals surface area (Å²) >= 11 is 0. The molecule has 0 bridgehead atoms. The Hall–Kier alpha value is -2.95. The molecule has 27 heavy (non-hydrogen) atoms. The second-order valence-corrected chi connectivity index (χ2v) is 6.95. The van der Waals surface area contributed by atoms with Crippen LogP contribution in [-0.2, 0) is 9.59 Å². The molecule has 2 aliphatic heterocycles. The SMILES string of the molecule is O=C1C=C(C2CCCCCN2c2ccc(F)cc2)C(=O)N1c1ccccc1. The Morgan fingerprint density at radius 2 is 1.59 bits per heavy atom. The van der Waals surface area contributed by atoms with Crippen molar-refractivity contribution in [3.8, 4) is 0 Å². The molecule has 2 heterocycles. The highest BCUT2D eigenvalue weighted by atomic mass is 19.1. The fourth-order valence-electron chi connectivity index (χ4n) is 3.92. The molecule has 1 fully saturated rings. The van der Waals surface area contributed by atoms with Crippen molar-refractivity contribution >= 4 is 23.2 Å². The maximum Gasteiger partial charge on any atom is 0.263 e. The van der Waals surface area contributed by atoms with E-state index in [0.29, 0.717) is 11.3 Å². The summed E-state index contributed by atoms with van der Waals surface area (Å²) in [6.45, 7) is 0.778. The lowest BCUT2D eigenvalue weighted by Crippen LogP contribution is -2.40. The molecular weight excluding hydrogens is 343 g/mol. The molecule has 2 aromatic rings. The first-order chi connectivity index (χ1) is 13.1. The van der Waals surface area contributed by atoms with E-state index >= 15 is 0 Å². The summed E-state index contributed by atoms with van der Waals surface area (Å²) in [6, 6.07) is 15.2. The van der Waals surface area contributed by atoms with Crippen molar-refractivity contribution < 1.29 is 14.0 Å². The standard InChI is InChI=1S/C22H21FN2O2/c23-16-10-12-17(13-11-16)24-14-6-2-5-9-20(24)19-15-21(26)25(22(19)27)18-7-3-1-4-8-18/h1,3-4,7-8,10-13,15,20H,2,5-6,9,14H2. The molecule has 0 aromatic heterocycles. The predicted octanol–water partition coefficient (Wildman–Crippen LogP) is 4.07. The van der Waals surface area contributed by atoms with Gasteiger partial charge >= 0.3 is 0 Å². The fraction of sp³-hybridized carbons (Fsp3) is 0.273. The van der Waals surface area contributed by atoms with Crippen molar-refractivity contribution in [1.82, 2.24) is 0 Å². The van der Waals surface area contributed by atoms with Gasteiger partial charge < -0.3 is 4.90 Å². The van der Waals surface area contributed by atoms with Gasteiger partial charge in [0.1, 0.15) is 5.82 Å². The van der Waals surface area contributed by atoms with Crippen molar-refractivity contribution in [2.45, 2.75) is 31.7 Å². The van der Waals surface area contributed by atoms with Crippen LogP contribution in [0.25, 0.3) is 0 Å². The predicted molar refractivity (Wildman–Crippen MR) is 103 cm³/mol. The van der Waals surface area contributed by atoms with E-state index in [4.69, 9.17) is 0 Å². The van der Waals surface area contributed by atoms with Crippen molar-refractivity contribution in [1.29, 1.82) is 0 Å². The monoisotopic (exact) mass is 364 g/mol. The molecule has 1 atom stereocenters. The normalized spacial score (nSPS) is 20.6. The van der Waals surface area contributed by atoms with E-state index in [9.17, 15) is 14.0 Å². The number of carbonyl (C=O) groups is 2. The summed E-state index contributed by atoms with van der Waals surface area (Å²) in [4.78, 5) is 29.1. The molecular formula is C22H21FN2O2. The zero-order valence-corrected chi connectivity index (χ0v) is 15.0. The van der Waals surface area contributed by atoms with Crippen LogP contribution in [0.5, 0.6) is 0 Å². The van der Waals surface area contributed by atoms with Crippen LogP contribution in [0.1, 0.15) is 25.7 Å². The first kappa shape index (κ1) is 17.5. The average Bonchev–Trinajstić information content (AvgIpc) is 2.85. The molecule has 0 aliphatic carbocycles. The number of carbonyl (C=O) groups excluding carboxylic acids is 2. The third-order valence-electron chi connectivity index (χ3n) is 5.23. The minimum atomic E-state index is -0.301. The zero-order valence-electron chi connectivity index (χ0n) is 15.0. The fourth-order valence-corrected chi connectivity index (χ4v) is 3.92. The molecule has 0 N–H and O–H groups in total. The summed E-state index contributed by atoms with van der Waals surface area (Å²) in [6.07, 6.45) is 5.34. The number of hydrogen-bond acceptors (Lipinski definition) is 3. The third kappa shape index (κ3) is 3.37. The van der Waals surface area contributed by atoms with E-state index in [1.165, 1.54) is 23.1 Å². The van der Waals surface area contributed by atoms with E-state index < -0.39 is 0 Å². The Labute approximate surface area is 157 Å². The number of imide groups is 1. The van der Waals surface area contributed by atoms with Crippen LogP contribution < -0.4 is 9.80 Å². The van der Waals surface area contributed by atoms with Gasteiger partial charge in [0.2, 0.25) is 0 Å². The van der Waals surface area contributed by atoms with Crippen LogP contribution in [0, 0.1) is 5.82 Å². The van der Waals surface area contributed by atoms with E-state index in [0.717, 1.165) is 37.9 Å². The first-order valence-corrected chi connectivity index (χ1v) is 9.32. The zero-order chi connectivity index (χ0) is 18.8. The lowest BCUT2D eigenvalue weighted by atomic mass is 10.00. The highest BCUT2D eigenvalue weighted by Gasteiger charge is 2.38. The van der Waals surface area contributed by atoms with Gasteiger partial charge in [-0.25, -0.2) is 9.29 Å². The van der Waals surface area contributed by atoms with Gasteiger partial charge in [0.05, 0.1) is 11.7 Å². The van der Waals surface area contributed by atoms with E-state index in [1.54, 1.807) is 24.3 Å². The number of hydrogen-bond donors (Lipinski definition) is 0. The summed E-state index contributed by atoms with van der Waals surface area (Å²) in [5, 5.41) is 0. The number of rotatable bonds is 3. The van der Waals surface area contributed by atoms with Crippen LogP contribution in [0.3, 0.4) is 0 Å². The number of benzene rings is 2. The minimum Gasteiger partial charge on any atom is -0.364 e. The third-order valence-corrected chi connectivity index (χ3v) is 5.23. The molecule has 0 spiro atoms. The highest BCUT2D eigenvalue weighted by Crippen LogP contribution is 2.32. The van der Waals surface area contributed by atoms with Gasteiger partial charge in [-0.1, -0.05) is 31.0 Å². The molecule has 1 saturated heterocycles. The summed E-state index contributed by atoms with van der Waals surface area (Å²) in [5.74, 6) is -0.846. The molecule has 0 saturated carbocycles. The molecule has 2 aliphatic rings. The summed E-state index contributed by atoms with van der Waals surface area (Å²) in [7, 11) is 0. The second-order valence-electron chi connectivity index (χ2n) is 6.95. The molecule has 2 aromatic carbocycles. The number of para-hydroxylation sites is 1. The maximum absolute atomic E-state index is 13.3. The maximum atomic E-state index is 13.3. The number of halogens is 1. The van der Waals surface area contributed by atoms with Crippen molar-refractivity contribution in [3.05, 3.63) is 72.1 Å². The molecule has 0 radical (unpaired) electrons. The topological polar surface area (TPSA) is 40.6 Å². The van der Waals surface area contributed by atoms with Gasteiger partial charge in [0.15, 0.2) is 0 Å². The Balaban J connectivity index is 1.67. The smallest absolute Gasteiger partial charge is 0.263 e. The average molecular weight is 364 g/mol. The van der Waals surface area contributed by atoms with Crippen molar-refractivity contribution in [2.24, 2.45) is 0 Å². The Kier molecular flexibility index (Phi) is 4.75. The number of anilines is 2. The van der Waals surface area contributed by atoms with Crippen LogP contribution in [-0.4, -0.2) is 24.4 Å². The van der Waals surface area contributed by atoms with Crippen LogP contribution in [0.15, 0.2) is 66.2 Å². The van der Waals surface area contributed by atoms with Gasteiger partial charge in [-0.2, -0.15) is 0 Å². The number of amides is 2. The van der Waals surface area contributed by atoms with E-state index in [-0.39, 0.29) is 23.7 Å². The van der Waals surface area contributed by atoms with Gasteiger partial charge in [0, 0.05) is 23.9 Å². The van der Waals surface area contributed by atoms with Gasteiger partial charge in [0.25, 0.3) is 11.8 Å². The summed E-state index contributed by atoms with van der Waals surface area (Å²) in [5.41, 5.74) is 1.98. The van der Waals surface area contributed by atoms with Crippen molar-refractivity contribution in [3.63, 3.8) is 0 Å². The minimum absolute atomic E-state index is 0.178. The number of nitrogens with zero attached hydrogens (tertiary/aromatic N) is 2. The Morgan fingerprint density at radius 3 is 2.33 bits per heavy atom. The van der Waals surface area contributed by atoms with E-state index in [1.807, 2.05) is 18.2 Å².